The van der Waals surface area contributed by atoms with Crippen molar-refractivity contribution in [1.29, 1.82) is 0 Å². The van der Waals surface area contributed by atoms with Gasteiger partial charge in [-0.3, -0.25) is 14.6 Å². The molecule has 116 valence electrons. The van der Waals surface area contributed by atoms with Gasteiger partial charge in [-0.2, -0.15) is 0 Å². The summed E-state index contributed by atoms with van der Waals surface area (Å²) in [4.78, 5) is 31.0. The van der Waals surface area contributed by atoms with Crippen LogP contribution in [0.2, 0.25) is 0 Å². The molecule has 2 heterocycles. The number of rotatable bonds is 4. The number of benzene rings is 1. The molecule has 0 atom stereocenters. The van der Waals surface area contributed by atoms with Crippen molar-refractivity contribution in [2.24, 2.45) is 0 Å². The molecule has 0 saturated heterocycles. The predicted molar refractivity (Wildman–Crippen MR) is 88.1 cm³/mol. The lowest BCUT2D eigenvalue weighted by molar-refractivity contribution is -0.113. The van der Waals surface area contributed by atoms with E-state index >= 15 is 0 Å². The number of carbonyl (C=O) groups excluding carboxylic acids is 1. The quantitative estimate of drug-likeness (QED) is 0.722. The van der Waals surface area contributed by atoms with Crippen molar-refractivity contribution in [2.45, 2.75) is 4.90 Å². The van der Waals surface area contributed by atoms with Gasteiger partial charge in [0.25, 0.3) is 0 Å². The van der Waals surface area contributed by atoms with Gasteiger partial charge in [-0.15, -0.1) is 11.8 Å². The van der Waals surface area contributed by atoms with Crippen molar-refractivity contribution in [2.75, 3.05) is 11.1 Å². The second kappa shape index (κ2) is 6.62. The number of H-pyrrole nitrogens is 1. The second-order valence-corrected chi connectivity index (χ2v) is 5.78. The topological polar surface area (TPSA) is 74.8 Å². The fraction of sp³-hybridized carbons (Fsp3) is 0.0625. The molecule has 0 aliphatic heterocycles. The molecule has 3 aromatic rings. The van der Waals surface area contributed by atoms with E-state index in [2.05, 4.69) is 15.3 Å². The lowest BCUT2D eigenvalue weighted by Gasteiger charge is -2.07. The maximum Gasteiger partial charge on any atom is 0.249 e. The van der Waals surface area contributed by atoms with Gasteiger partial charge in [-0.25, -0.2) is 4.39 Å². The average Bonchev–Trinajstić information content (AvgIpc) is 2.54. The molecule has 1 aromatic carbocycles. The van der Waals surface area contributed by atoms with Gasteiger partial charge < -0.3 is 10.3 Å². The van der Waals surface area contributed by atoms with Crippen molar-refractivity contribution in [3.63, 3.8) is 0 Å². The van der Waals surface area contributed by atoms with Crippen LogP contribution in [0.5, 0.6) is 0 Å². The number of halogens is 1. The largest absolute Gasteiger partial charge is 0.325 e. The number of pyridine rings is 2. The molecule has 0 aliphatic carbocycles. The summed E-state index contributed by atoms with van der Waals surface area (Å²) in [6.45, 7) is 0. The van der Waals surface area contributed by atoms with Crippen LogP contribution in [0.3, 0.4) is 0 Å². The number of carbonyl (C=O) groups is 1. The molecule has 0 bridgehead atoms. The Morgan fingerprint density at radius 3 is 2.83 bits per heavy atom. The van der Waals surface area contributed by atoms with Gasteiger partial charge in [0.05, 0.1) is 17.5 Å². The predicted octanol–water partition coefficient (Wildman–Crippen LogP) is 2.79. The van der Waals surface area contributed by atoms with Crippen LogP contribution in [0.25, 0.3) is 10.9 Å². The van der Waals surface area contributed by atoms with Crippen LogP contribution in [-0.4, -0.2) is 21.6 Å². The van der Waals surface area contributed by atoms with E-state index in [1.807, 2.05) is 0 Å². The Hall–Kier alpha value is -2.67. The van der Waals surface area contributed by atoms with E-state index < -0.39 is 0 Å². The lowest BCUT2D eigenvalue weighted by Crippen LogP contribution is -2.14. The second-order valence-electron chi connectivity index (χ2n) is 4.76. The molecule has 3 rings (SSSR count). The normalized spacial score (nSPS) is 10.7. The van der Waals surface area contributed by atoms with E-state index in [1.54, 1.807) is 18.5 Å². The zero-order chi connectivity index (χ0) is 16.2. The number of aromatic amines is 1. The summed E-state index contributed by atoms with van der Waals surface area (Å²) in [5, 5.41) is 3.51. The van der Waals surface area contributed by atoms with Gasteiger partial charge in [0.1, 0.15) is 5.82 Å². The van der Waals surface area contributed by atoms with E-state index in [0.717, 1.165) is 5.39 Å². The molecular formula is C16H12FN3O2S. The first-order valence-corrected chi connectivity index (χ1v) is 7.75. The summed E-state index contributed by atoms with van der Waals surface area (Å²) >= 11 is 1.26. The van der Waals surface area contributed by atoms with Gasteiger partial charge in [-0.1, -0.05) is 0 Å². The highest BCUT2D eigenvalue weighted by molar-refractivity contribution is 8.00. The number of nitrogens with zero attached hydrogens (tertiary/aromatic N) is 1. The molecule has 0 aliphatic rings. The first-order valence-electron chi connectivity index (χ1n) is 6.77. The van der Waals surface area contributed by atoms with Crippen molar-refractivity contribution < 1.29 is 9.18 Å². The van der Waals surface area contributed by atoms with Crippen LogP contribution in [0.15, 0.2) is 58.5 Å². The molecular weight excluding hydrogens is 317 g/mol. The van der Waals surface area contributed by atoms with Gasteiger partial charge in [0, 0.05) is 28.2 Å². The Morgan fingerprint density at radius 2 is 2.04 bits per heavy atom. The Morgan fingerprint density at radius 1 is 1.26 bits per heavy atom. The summed E-state index contributed by atoms with van der Waals surface area (Å²) in [6.07, 6.45) is 3.20. The number of amides is 1. The number of thioether (sulfide) groups is 1. The summed E-state index contributed by atoms with van der Waals surface area (Å²) in [7, 11) is 0. The molecule has 0 saturated carbocycles. The molecule has 1 amide bonds. The van der Waals surface area contributed by atoms with Crippen LogP contribution in [0, 0.1) is 5.82 Å². The van der Waals surface area contributed by atoms with E-state index in [1.165, 1.54) is 42.1 Å². The Labute approximate surface area is 135 Å². The summed E-state index contributed by atoms with van der Waals surface area (Å²) in [5.74, 6) is -0.455. The SMILES string of the molecule is O=C(CSc1cc(=O)[nH]c2cnccc12)Nc1ccc(F)cc1. The Bertz CT molecular complexity index is 909. The van der Waals surface area contributed by atoms with Gasteiger partial charge in [-0.05, 0) is 30.3 Å². The maximum absolute atomic E-state index is 12.8. The zero-order valence-electron chi connectivity index (χ0n) is 11.9. The zero-order valence-corrected chi connectivity index (χ0v) is 12.7. The number of hydrogen-bond donors (Lipinski definition) is 2. The molecule has 0 fully saturated rings. The number of anilines is 1. The number of aromatic nitrogens is 2. The standard InChI is InChI=1S/C16H12FN3O2S/c17-10-1-3-11(4-2-10)19-16(22)9-23-14-7-15(21)20-13-8-18-6-5-12(13)14/h1-8H,9H2,(H,19,22)(H,20,21). The van der Waals surface area contributed by atoms with E-state index in [-0.39, 0.29) is 23.0 Å². The van der Waals surface area contributed by atoms with Crippen LogP contribution < -0.4 is 10.9 Å². The number of fused-ring (bicyclic) bond motifs is 1. The minimum absolute atomic E-state index is 0.137. The lowest BCUT2D eigenvalue weighted by atomic mass is 10.3. The third-order valence-corrected chi connectivity index (χ3v) is 4.15. The average molecular weight is 329 g/mol. The van der Waals surface area contributed by atoms with Crippen LogP contribution in [0.4, 0.5) is 10.1 Å². The van der Waals surface area contributed by atoms with Crippen LogP contribution >= 0.6 is 11.8 Å². The first kappa shape index (κ1) is 15.2. The van der Waals surface area contributed by atoms with Crippen molar-refractivity contribution in [1.82, 2.24) is 9.97 Å². The third-order valence-electron chi connectivity index (χ3n) is 3.09. The van der Waals surface area contributed by atoms with Crippen LogP contribution in [-0.2, 0) is 4.79 Å². The third kappa shape index (κ3) is 3.75. The molecule has 2 aromatic heterocycles. The van der Waals surface area contributed by atoms with Gasteiger partial charge in [0.15, 0.2) is 0 Å². The Balaban J connectivity index is 1.72. The van der Waals surface area contributed by atoms with Gasteiger partial charge in [0.2, 0.25) is 11.5 Å². The highest BCUT2D eigenvalue weighted by atomic mass is 32.2. The first-order chi connectivity index (χ1) is 11.1. The van der Waals surface area contributed by atoms with E-state index in [4.69, 9.17) is 0 Å². The molecule has 23 heavy (non-hydrogen) atoms. The minimum atomic E-state index is -0.360. The van der Waals surface area contributed by atoms with E-state index in [0.29, 0.717) is 16.1 Å². The summed E-state index contributed by atoms with van der Waals surface area (Å²) in [6, 6.07) is 8.78. The number of nitrogens with one attached hydrogen (secondary N) is 2. The van der Waals surface area contributed by atoms with Crippen LogP contribution in [0.1, 0.15) is 0 Å². The maximum atomic E-state index is 12.8. The molecule has 0 radical (unpaired) electrons. The van der Waals surface area contributed by atoms with Crippen molar-refractivity contribution in [3.8, 4) is 0 Å². The fourth-order valence-corrected chi connectivity index (χ4v) is 2.95. The highest BCUT2D eigenvalue weighted by Gasteiger charge is 2.08. The minimum Gasteiger partial charge on any atom is -0.325 e. The highest BCUT2D eigenvalue weighted by Crippen LogP contribution is 2.24. The summed E-state index contributed by atoms with van der Waals surface area (Å²) in [5.41, 5.74) is 0.908. The smallest absolute Gasteiger partial charge is 0.249 e. The van der Waals surface area contributed by atoms with Gasteiger partial charge >= 0.3 is 0 Å². The van der Waals surface area contributed by atoms with Crippen molar-refractivity contribution >= 4 is 34.3 Å². The molecule has 0 unspecified atom stereocenters. The van der Waals surface area contributed by atoms with Crippen molar-refractivity contribution in [3.05, 3.63) is 65.0 Å². The molecule has 5 nitrogen and oxygen atoms in total. The summed E-state index contributed by atoms with van der Waals surface area (Å²) < 4.78 is 12.8. The molecule has 2 N–H and O–H groups in total. The fourth-order valence-electron chi connectivity index (χ4n) is 2.07. The number of hydrogen-bond acceptors (Lipinski definition) is 4. The molecule has 7 heteroatoms. The Kier molecular flexibility index (Phi) is 4.38. The monoisotopic (exact) mass is 329 g/mol. The molecule has 0 spiro atoms. The van der Waals surface area contributed by atoms with E-state index in [9.17, 15) is 14.0 Å².